The quantitative estimate of drug-likeness (QED) is 0.0150. The number of esters is 2. The Morgan fingerprint density at radius 3 is 1.28 bits per heavy atom. The number of hydrogen-bond donors (Lipinski definition) is 2. The third kappa shape index (κ3) is 27.2. The van der Waals surface area contributed by atoms with Crippen LogP contribution in [0.15, 0.2) is 150 Å². The van der Waals surface area contributed by atoms with Gasteiger partial charge >= 0.3 is 67.0 Å². The standard InChI is InChI=1S/C34H40F5NO4S.C26H25BrF5NO2S.C8H15O2.BrH.Zn/c1-5-43-30(41)18-11-7-8-13-24-16-12-17-26(19-24)33(40-45(42)32(2,3)4,23-25-14-9-6-10-15-25)27-20-28(35)22-29(21-27)44-34(38,39)31(36)37;1-24(2,3)36(34)33-25(16-17-8-5-4-6-9-17,18-10-7-11-20(27)12-18)19-13-21(28)15-22(14-19)35-26(31,32)23(29)30;1-3-5-6-7-8(9)10-4-2;;/h6,9-10,12,14-17,19-22,31,40H,5,7-8,11,13,18,23H2,1-4H3;4-15,23,33H,16H2,1-3H3;1,3-7H2,2H3;1H;/q;;-1;;+2/p-1/t33-,45-;25-,36-;;;/m11.../s1. The van der Waals surface area contributed by atoms with Gasteiger partial charge in [-0.05, 0) is 169 Å². The normalized spacial score (nSPS) is 13.7. The van der Waals surface area contributed by atoms with Crippen molar-refractivity contribution in [3.63, 3.8) is 0 Å². The van der Waals surface area contributed by atoms with E-state index in [9.17, 15) is 57.5 Å². The third-order valence-electron chi connectivity index (χ3n) is 13.6. The van der Waals surface area contributed by atoms with Crippen molar-refractivity contribution in [2.45, 2.75) is 172 Å². The summed E-state index contributed by atoms with van der Waals surface area (Å²) in [7, 11) is -3.49. The number of carbonyl (C=O) groups is 2. The molecule has 0 spiro atoms. The molecular formula is C68H80Br2F10N2O8S2Zn. The number of hydrogen-bond acceptors (Lipinski definition) is 8. The summed E-state index contributed by atoms with van der Waals surface area (Å²) in [4.78, 5) is 22.3. The van der Waals surface area contributed by atoms with Gasteiger partial charge in [-0.3, -0.25) is 9.59 Å². The molecular weight excluding hydrogens is 1450 g/mol. The zero-order valence-corrected chi connectivity index (χ0v) is 61.0. The maximum atomic E-state index is 15.1. The van der Waals surface area contributed by atoms with Crippen molar-refractivity contribution in [2.75, 3.05) is 13.2 Å². The van der Waals surface area contributed by atoms with Crippen molar-refractivity contribution in [3.8, 4) is 11.5 Å². The van der Waals surface area contributed by atoms with Crippen LogP contribution in [0.5, 0.6) is 11.5 Å². The SMILES string of the molecule is CC(C)(C)[S@@](=O)N[C@](Cc1ccccc1)(c1cccc(Br)c1)c1cc(F)cc(OC(F)(F)C(F)F)c1.CCOC(=O)CCCCCc1cccc([C@@](Cc2ccccc2)(N[S@](=O)C(C)(C)C)c2cc(F)cc(OC(F)(F)C(F)F)c2)c1.[CH2-]CCCCC(=O)OCC.[Zn+][Br]. The summed E-state index contributed by atoms with van der Waals surface area (Å²) in [5.74, 6) is -3.89. The van der Waals surface area contributed by atoms with Gasteiger partial charge in [0.05, 0.1) is 55.8 Å². The van der Waals surface area contributed by atoms with Gasteiger partial charge in [-0.25, -0.2) is 26.6 Å². The molecule has 4 atom stereocenters. The molecule has 25 heteroatoms. The molecule has 6 aromatic carbocycles. The van der Waals surface area contributed by atoms with Gasteiger partial charge in [0.25, 0.3) is 0 Å². The van der Waals surface area contributed by atoms with Gasteiger partial charge in [0.1, 0.15) is 23.1 Å². The molecule has 0 amide bonds. The van der Waals surface area contributed by atoms with E-state index in [0.717, 1.165) is 73.1 Å². The van der Waals surface area contributed by atoms with Crippen LogP contribution < -0.4 is 18.9 Å². The fraction of sp³-hybridized carbons (Fsp3) is 0.426. The van der Waals surface area contributed by atoms with Gasteiger partial charge < -0.3 is 25.9 Å². The summed E-state index contributed by atoms with van der Waals surface area (Å²) in [5, 5.41) is 0. The second-order valence-corrected chi connectivity index (χ2v) is 27.9. The van der Waals surface area contributed by atoms with Crippen LogP contribution in [0.2, 0.25) is 0 Å². The van der Waals surface area contributed by atoms with Crippen molar-refractivity contribution in [1.29, 1.82) is 0 Å². The van der Waals surface area contributed by atoms with E-state index in [-0.39, 0.29) is 35.9 Å². The Kier molecular flexibility index (Phi) is 34.7. The molecule has 6 aromatic rings. The number of unbranched alkanes of at least 4 members (excludes halogenated alkanes) is 4. The summed E-state index contributed by atoms with van der Waals surface area (Å²) in [6.07, 6.45) is -11.2. The zero-order valence-electron chi connectivity index (χ0n) is 53.2. The number of ether oxygens (including phenoxy) is 4. The Labute approximate surface area is 570 Å². The van der Waals surface area contributed by atoms with Crippen LogP contribution in [-0.2, 0) is 87.7 Å². The van der Waals surface area contributed by atoms with Gasteiger partial charge in [0, 0.05) is 29.4 Å². The molecule has 93 heavy (non-hydrogen) atoms. The Hall–Kier alpha value is -5.04. The molecule has 0 fully saturated rings. The number of carbonyl (C=O) groups excluding carboxylic acids is 2. The van der Waals surface area contributed by atoms with Crippen molar-refractivity contribution in [1.82, 2.24) is 9.44 Å². The Morgan fingerprint density at radius 2 is 0.903 bits per heavy atom. The molecule has 0 aromatic heterocycles. The number of benzene rings is 6. The van der Waals surface area contributed by atoms with Crippen LogP contribution in [0.25, 0.3) is 0 Å². The molecule has 0 saturated carbocycles. The number of nitrogens with one attached hydrogen (secondary N) is 2. The van der Waals surface area contributed by atoms with Crippen LogP contribution in [0.4, 0.5) is 43.9 Å². The second kappa shape index (κ2) is 39.2. The van der Waals surface area contributed by atoms with E-state index in [2.05, 4.69) is 55.4 Å². The average Bonchev–Trinajstić information content (AvgIpc) is 0.778. The number of aryl methyl sites for hydroxylation is 1. The number of rotatable bonds is 30. The van der Waals surface area contributed by atoms with Crippen molar-refractivity contribution < 1.29 is 97.2 Å². The molecule has 6 rings (SSSR count). The first-order valence-electron chi connectivity index (χ1n) is 29.7. The molecule has 0 bridgehead atoms. The van der Waals surface area contributed by atoms with Gasteiger partial charge in [0.2, 0.25) is 0 Å². The molecule has 508 valence electrons. The monoisotopic (exact) mass is 1530 g/mol. The van der Waals surface area contributed by atoms with Crippen LogP contribution >= 0.6 is 29.6 Å². The van der Waals surface area contributed by atoms with E-state index in [1.165, 1.54) is 16.3 Å². The van der Waals surface area contributed by atoms with Crippen molar-refractivity contribution in [3.05, 3.63) is 208 Å². The minimum absolute atomic E-state index is 0.0654. The second-order valence-electron chi connectivity index (χ2n) is 23.1. The molecule has 0 saturated heterocycles. The topological polar surface area (TPSA) is 129 Å². The molecule has 0 aliphatic carbocycles. The summed E-state index contributed by atoms with van der Waals surface area (Å²) >= 11 is 7.67. The minimum atomic E-state index is -4.86. The molecule has 0 unspecified atom stereocenters. The van der Waals surface area contributed by atoms with Crippen LogP contribution in [0.3, 0.4) is 0 Å². The number of alkyl halides is 8. The van der Waals surface area contributed by atoms with E-state index in [1.54, 1.807) is 109 Å². The fourth-order valence-electron chi connectivity index (χ4n) is 9.05. The first kappa shape index (κ1) is 82.2. The van der Waals surface area contributed by atoms with Crippen LogP contribution in [0.1, 0.15) is 146 Å². The predicted octanol–water partition coefficient (Wildman–Crippen LogP) is 18.4. The van der Waals surface area contributed by atoms with E-state index in [4.69, 9.17) is 9.47 Å². The number of halogens is 12. The van der Waals surface area contributed by atoms with Crippen LogP contribution in [0, 0.1) is 18.6 Å². The van der Waals surface area contributed by atoms with E-state index < -0.39 is 90.7 Å². The Balaban J connectivity index is 0.000000419. The molecule has 0 aliphatic heterocycles. The molecule has 0 heterocycles. The first-order valence-corrected chi connectivity index (χ1v) is 39.8. The average molecular weight is 1530 g/mol. The molecule has 0 radical (unpaired) electrons. The van der Waals surface area contributed by atoms with Crippen molar-refractivity contribution in [2.24, 2.45) is 0 Å². The Morgan fingerprint density at radius 1 is 0.516 bits per heavy atom. The van der Waals surface area contributed by atoms with Crippen molar-refractivity contribution >= 4 is 63.5 Å². The summed E-state index contributed by atoms with van der Waals surface area (Å²) < 4.78 is 188. The van der Waals surface area contributed by atoms with E-state index >= 15 is 4.39 Å². The maximum absolute atomic E-state index is 15.1. The molecule has 2 N–H and O–H groups in total. The molecule has 10 nitrogen and oxygen atoms in total. The first-order chi connectivity index (χ1) is 43.7. The van der Waals surface area contributed by atoms with E-state index in [1.807, 2.05) is 55.5 Å². The van der Waals surface area contributed by atoms with Gasteiger partial charge in [0.15, 0.2) is 0 Å². The molecule has 0 aliphatic rings. The summed E-state index contributed by atoms with van der Waals surface area (Å²) in [6, 6.07) is 37.9. The van der Waals surface area contributed by atoms with E-state index in [0.29, 0.717) is 66.6 Å². The fourth-order valence-corrected chi connectivity index (χ4v) is 11.3. The Bertz CT molecular complexity index is 3300. The van der Waals surface area contributed by atoms with Crippen LogP contribution in [-0.4, -0.2) is 68.1 Å². The summed E-state index contributed by atoms with van der Waals surface area (Å²) in [5.41, 5.74) is 0.758. The van der Waals surface area contributed by atoms with Gasteiger partial charge in [-0.15, -0.1) is 0 Å². The summed E-state index contributed by atoms with van der Waals surface area (Å²) in [6.45, 7) is 18.5. The predicted molar refractivity (Wildman–Crippen MR) is 349 cm³/mol. The zero-order chi connectivity index (χ0) is 69.8. The van der Waals surface area contributed by atoms with Gasteiger partial charge in [-0.1, -0.05) is 126 Å². The van der Waals surface area contributed by atoms with Gasteiger partial charge in [-0.2, -0.15) is 41.5 Å². The third-order valence-corrected chi connectivity index (χ3v) is 17.4.